The largest absolute Gasteiger partial charge is 0.330 e. The van der Waals surface area contributed by atoms with Crippen LogP contribution >= 0.6 is 22.7 Å². The predicted molar refractivity (Wildman–Crippen MR) is 126 cm³/mol. The van der Waals surface area contributed by atoms with E-state index in [1.165, 1.54) is 15.3 Å². The number of para-hydroxylation sites is 1. The van der Waals surface area contributed by atoms with Crippen LogP contribution in [0.4, 0.5) is 0 Å². The Hall–Kier alpha value is -2.77. The quantitative estimate of drug-likeness (QED) is 0.440. The molecule has 1 aliphatic rings. The van der Waals surface area contributed by atoms with Gasteiger partial charge < -0.3 is 4.90 Å². The van der Waals surface area contributed by atoms with E-state index in [4.69, 9.17) is 0 Å². The van der Waals surface area contributed by atoms with Gasteiger partial charge in [-0.05, 0) is 59.9 Å². The van der Waals surface area contributed by atoms with Gasteiger partial charge in [-0.3, -0.25) is 14.2 Å². The number of nitrogens with zero attached hydrogens (tertiary/aromatic N) is 3. The number of benzene rings is 1. The molecule has 0 radical (unpaired) electrons. The van der Waals surface area contributed by atoms with E-state index in [0.717, 1.165) is 24.0 Å². The molecule has 0 N–H and O–H groups in total. The summed E-state index contributed by atoms with van der Waals surface area (Å²) in [4.78, 5) is 35.1. The summed E-state index contributed by atoms with van der Waals surface area (Å²) in [5.41, 5.74) is 2.96. The zero-order valence-electron chi connectivity index (χ0n) is 17.3. The number of carbonyl (C=O) groups is 1. The van der Waals surface area contributed by atoms with Crippen molar-refractivity contribution in [2.24, 2.45) is 0 Å². The maximum absolute atomic E-state index is 13.2. The van der Waals surface area contributed by atoms with E-state index in [9.17, 15) is 9.59 Å². The molecule has 4 heterocycles. The van der Waals surface area contributed by atoms with Crippen LogP contribution in [0.15, 0.2) is 58.3 Å². The first-order valence-corrected chi connectivity index (χ1v) is 12.2. The molecule has 7 heteroatoms. The van der Waals surface area contributed by atoms with Crippen LogP contribution < -0.4 is 5.56 Å². The molecule has 1 aromatic carbocycles. The standard InChI is InChI=1S/C24H23N3O2S2/c1-16-5-2-6-18-22(16)25-15-26(24(18)29)11-3-8-21(28)27-12-9-19-17(10-14-31-19)23(27)20-7-4-13-30-20/h2,4-7,10,13-15,23H,3,8-9,11-12H2,1H3. The predicted octanol–water partition coefficient (Wildman–Crippen LogP) is 4.78. The number of aryl methyl sites for hydroxylation is 2. The van der Waals surface area contributed by atoms with Crippen molar-refractivity contribution < 1.29 is 4.79 Å². The highest BCUT2D eigenvalue weighted by Gasteiger charge is 2.33. The fourth-order valence-electron chi connectivity index (χ4n) is 4.38. The van der Waals surface area contributed by atoms with Gasteiger partial charge in [0, 0.05) is 29.3 Å². The first kappa shape index (κ1) is 20.2. The van der Waals surface area contributed by atoms with Gasteiger partial charge in [-0.2, -0.15) is 0 Å². The van der Waals surface area contributed by atoms with Crippen molar-refractivity contribution >= 4 is 39.5 Å². The molecule has 0 fully saturated rings. The topological polar surface area (TPSA) is 55.2 Å². The van der Waals surface area contributed by atoms with Gasteiger partial charge in [-0.25, -0.2) is 4.98 Å². The molecule has 5 nitrogen and oxygen atoms in total. The molecule has 1 atom stereocenters. The van der Waals surface area contributed by atoms with Crippen molar-refractivity contribution in [3.05, 3.63) is 84.7 Å². The minimum atomic E-state index is -0.0431. The molecule has 0 saturated carbocycles. The number of rotatable bonds is 5. The van der Waals surface area contributed by atoms with E-state index in [1.807, 2.05) is 36.1 Å². The lowest BCUT2D eigenvalue weighted by molar-refractivity contribution is -0.133. The average molecular weight is 450 g/mol. The summed E-state index contributed by atoms with van der Waals surface area (Å²) in [5.74, 6) is 0.146. The highest BCUT2D eigenvalue weighted by atomic mass is 32.1. The smallest absolute Gasteiger partial charge is 0.261 e. The summed E-state index contributed by atoms with van der Waals surface area (Å²) in [5, 5.41) is 4.83. The average Bonchev–Trinajstić information content (AvgIpc) is 3.47. The van der Waals surface area contributed by atoms with Gasteiger partial charge in [0.1, 0.15) is 0 Å². The third kappa shape index (κ3) is 3.72. The molecular weight excluding hydrogens is 426 g/mol. The molecule has 0 bridgehead atoms. The van der Waals surface area contributed by atoms with Crippen molar-refractivity contribution in [1.29, 1.82) is 0 Å². The van der Waals surface area contributed by atoms with E-state index >= 15 is 0 Å². The van der Waals surface area contributed by atoms with Crippen molar-refractivity contribution in [1.82, 2.24) is 14.5 Å². The van der Waals surface area contributed by atoms with Gasteiger partial charge in [0.25, 0.3) is 5.56 Å². The van der Waals surface area contributed by atoms with Crippen molar-refractivity contribution in [3.63, 3.8) is 0 Å². The highest BCUT2D eigenvalue weighted by Crippen LogP contribution is 2.39. The molecule has 1 unspecified atom stereocenters. The second kappa shape index (κ2) is 8.40. The van der Waals surface area contributed by atoms with Gasteiger partial charge >= 0.3 is 0 Å². The van der Waals surface area contributed by atoms with Crippen molar-refractivity contribution in [3.8, 4) is 0 Å². The third-order valence-electron chi connectivity index (χ3n) is 5.94. The second-order valence-electron chi connectivity index (χ2n) is 7.87. The number of hydrogen-bond donors (Lipinski definition) is 0. The Balaban J connectivity index is 1.31. The Morgan fingerprint density at radius 1 is 1.16 bits per heavy atom. The molecule has 31 heavy (non-hydrogen) atoms. The fourth-order valence-corrected chi connectivity index (χ4v) is 6.14. The van der Waals surface area contributed by atoms with Crippen LogP contribution in [0.5, 0.6) is 0 Å². The number of carbonyl (C=O) groups excluding carboxylic acids is 1. The molecule has 0 spiro atoms. The Morgan fingerprint density at radius 3 is 2.90 bits per heavy atom. The van der Waals surface area contributed by atoms with E-state index in [1.54, 1.807) is 33.6 Å². The zero-order chi connectivity index (χ0) is 21.4. The second-order valence-corrected chi connectivity index (χ2v) is 9.85. The molecule has 4 aromatic rings. The summed E-state index contributed by atoms with van der Waals surface area (Å²) >= 11 is 3.48. The number of amides is 1. The Kier molecular flexibility index (Phi) is 5.46. The number of hydrogen-bond acceptors (Lipinski definition) is 5. The summed E-state index contributed by atoms with van der Waals surface area (Å²) in [6, 6.07) is 12.0. The number of fused-ring (bicyclic) bond motifs is 2. The third-order valence-corrected chi connectivity index (χ3v) is 7.87. The van der Waals surface area contributed by atoms with Crippen molar-refractivity contribution in [2.75, 3.05) is 6.54 Å². The molecule has 0 aliphatic carbocycles. The lowest BCUT2D eigenvalue weighted by Gasteiger charge is -2.35. The summed E-state index contributed by atoms with van der Waals surface area (Å²) in [7, 11) is 0. The summed E-state index contributed by atoms with van der Waals surface area (Å²) in [6.45, 7) is 3.19. The van der Waals surface area contributed by atoms with Gasteiger partial charge in [0.15, 0.2) is 0 Å². The van der Waals surface area contributed by atoms with Gasteiger partial charge in [-0.15, -0.1) is 22.7 Å². The molecule has 0 saturated heterocycles. The molecule has 1 amide bonds. The number of thiophene rings is 2. The SMILES string of the molecule is Cc1cccc2c(=O)n(CCCC(=O)N3CCc4sccc4C3c3cccs3)cnc12. The molecule has 5 rings (SSSR count). The van der Waals surface area contributed by atoms with Gasteiger partial charge in [-0.1, -0.05) is 18.2 Å². The van der Waals surface area contributed by atoms with E-state index in [2.05, 4.69) is 27.9 Å². The van der Waals surface area contributed by atoms with Crippen molar-refractivity contribution in [2.45, 2.75) is 38.8 Å². The highest BCUT2D eigenvalue weighted by molar-refractivity contribution is 7.10. The maximum atomic E-state index is 13.2. The lowest BCUT2D eigenvalue weighted by Crippen LogP contribution is -2.39. The zero-order valence-corrected chi connectivity index (χ0v) is 18.9. The van der Waals surface area contributed by atoms with E-state index in [0.29, 0.717) is 24.8 Å². The Bertz CT molecular complexity index is 1290. The lowest BCUT2D eigenvalue weighted by atomic mass is 9.98. The molecule has 158 valence electrons. The van der Waals surface area contributed by atoms with Gasteiger partial charge in [0.05, 0.1) is 23.3 Å². The van der Waals surface area contributed by atoms with Crippen LogP contribution in [0.2, 0.25) is 0 Å². The molecule has 1 aliphatic heterocycles. The monoisotopic (exact) mass is 449 g/mol. The summed E-state index contributed by atoms with van der Waals surface area (Å²) in [6.07, 6.45) is 3.55. The fraction of sp³-hybridized carbons (Fsp3) is 0.292. The van der Waals surface area contributed by atoms with Crippen LogP contribution in [-0.2, 0) is 17.8 Å². The number of aromatic nitrogens is 2. The molecule has 3 aromatic heterocycles. The normalized spacial score (nSPS) is 15.9. The van der Waals surface area contributed by atoms with Crippen LogP contribution in [0.25, 0.3) is 10.9 Å². The van der Waals surface area contributed by atoms with Crippen LogP contribution in [0, 0.1) is 6.92 Å². The van der Waals surface area contributed by atoms with Crippen LogP contribution in [0.3, 0.4) is 0 Å². The Labute approximate surface area is 188 Å². The molecular formula is C24H23N3O2S2. The van der Waals surface area contributed by atoms with Crippen LogP contribution in [-0.4, -0.2) is 26.9 Å². The maximum Gasteiger partial charge on any atom is 0.261 e. The van der Waals surface area contributed by atoms with E-state index in [-0.39, 0.29) is 17.5 Å². The minimum absolute atomic E-state index is 0.00975. The Morgan fingerprint density at radius 2 is 2.06 bits per heavy atom. The first-order valence-electron chi connectivity index (χ1n) is 10.5. The van der Waals surface area contributed by atoms with Gasteiger partial charge in [0.2, 0.25) is 5.91 Å². The van der Waals surface area contributed by atoms with Crippen LogP contribution in [0.1, 0.15) is 39.8 Å². The first-order chi connectivity index (χ1) is 15.1. The minimum Gasteiger partial charge on any atom is -0.330 e. The summed E-state index contributed by atoms with van der Waals surface area (Å²) < 4.78 is 1.62. The van der Waals surface area contributed by atoms with E-state index < -0.39 is 0 Å².